The van der Waals surface area contributed by atoms with Crippen molar-refractivity contribution >= 4 is 31.9 Å². The number of hydrogen-bond acceptors (Lipinski definition) is 2. The van der Waals surface area contributed by atoms with E-state index in [1.807, 2.05) is 0 Å². The van der Waals surface area contributed by atoms with Crippen molar-refractivity contribution in [2.75, 3.05) is 6.61 Å². The Bertz CT molecular complexity index is 262. The van der Waals surface area contributed by atoms with Gasteiger partial charge in [-0.05, 0) is 62.6 Å². The summed E-state index contributed by atoms with van der Waals surface area (Å²) in [6.07, 6.45) is 4.26. The largest absolute Gasteiger partial charge is 0.365 e. The Morgan fingerprint density at radius 2 is 2.25 bits per heavy atom. The van der Waals surface area contributed by atoms with Gasteiger partial charge in [-0.3, -0.25) is 0 Å². The van der Waals surface area contributed by atoms with Gasteiger partial charge in [0.15, 0.2) is 5.79 Å². The minimum Gasteiger partial charge on any atom is -0.365 e. The van der Waals surface area contributed by atoms with Gasteiger partial charge in [0.05, 0.1) is 3.39 Å². The molecule has 1 aliphatic rings. The lowest BCUT2D eigenvalue weighted by molar-refractivity contribution is -0.214. The molecule has 2 unspecified atom stereocenters. The highest BCUT2D eigenvalue weighted by Gasteiger charge is 2.33. The van der Waals surface area contributed by atoms with Crippen LogP contribution in [0.15, 0.2) is 8.96 Å². The summed E-state index contributed by atoms with van der Waals surface area (Å²) in [5, 5.41) is 10.4. The molecule has 0 radical (unpaired) electrons. The molecule has 2 atom stereocenters. The van der Waals surface area contributed by atoms with Crippen LogP contribution in [0, 0.1) is 5.92 Å². The molecule has 1 aliphatic carbocycles. The Morgan fingerprint density at radius 3 is 2.81 bits per heavy atom. The van der Waals surface area contributed by atoms with Gasteiger partial charge in [-0.25, -0.2) is 0 Å². The SMILES string of the molecule is CCCOC1(O)CCC(=C(Br)Br)CC(C)C1. The van der Waals surface area contributed by atoms with Gasteiger partial charge in [-0.2, -0.15) is 0 Å². The Balaban J connectivity index is 2.68. The fourth-order valence-electron chi connectivity index (χ4n) is 2.18. The van der Waals surface area contributed by atoms with E-state index in [9.17, 15) is 5.11 Å². The molecule has 94 valence electrons. The highest BCUT2D eigenvalue weighted by atomic mass is 79.9. The van der Waals surface area contributed by atoms with Crippen LogP contribution in [0.2, 0.25) is 0 Å². The third kappa shape index (κ3) is 4.47. The first-order chi connectivity index (χ1) is 7.47. The predicted molar refractivity (Wildman–Crippen MR) is 73.7 cm³/mol. The van der Waals surface area contributed by atoms with E-state index in [-0.39, 0.29) is 0 Å². The number of rotatable bonds is 3. The van der Waals surface area contributed by atoms with E-state index in [0.29, 0.717) is 18.9 Å². The van der Waals surface area contributed by atoms with E-state index in [4.69, 9.17) is 4.74 Å². The first-order valence-corrected chi connectivity index (χ1v) is 7.45. The topological polar surface area (TPSA) is 29.5 Å². The fraction of sp³-hybridized carbons (Fsp3) is 0.833. The van der Waals surface area contributed by atoms with Crippen molar-refractivity contribution in [3.05, 3.63) is 8.96 Å². The third-order valence-corrected chi connectivity index (χ3v) is 4.04. The smallest absolute Gasteiger partial charge is 0.165 e. The van der Waals surface area contributed by atoms with Crippen LogP contribution in [0.25, 0.3) is 0 Å². The molecule has 0 amide bonds. The molecule has 0 aromatic rings. The van der Waals surface area contributed by atoms with Gasteiger partial charge < -0.3 is 9.84 Å². The maximum atomic E-state index is 10.4. The van der Waals surface area contributed by atoms with Gasteiger partial charge in [0.25, 0.3) is 0 Å². The fourth-order valence-corrected chi connectivity index (χ4v) is 2.90. The molecule has 16 heavy (non-hydrogen) atoms. The highest BCUT2D eigenvalue weighted by molar-refractivity contribution is 9.28. The van der Waals surface area contributed by atoms with Crippen LogP contribution in [0.4, 0.5) is 0 Å². The second-order valence-corrected chi connectivity index (χ2v) is 7.32. The molecule has 0 saturated heterocycles. The van der Waals surface area contributed by atoms with Crippen molar-refractivity contribution in [2.45, 2.75) is 51.7 Å². The maximum Gasteiger partial charge on any atom is 0.165 e. The second kappa shape index (κ2) is 6.53. The zero-order valence-corrected chi connectivity index (χ0v) is 13.1. The van der Waals surface area contributed by atoms with Gasteiger partial charge in [0.1, 0.15) is 0 Å². The first-order valence-electron chi connectivity index (χ1n) is 5.86. The zero-order valence-electron chi connectivity index (χ0n) is 9.93. The van der Waals surface area contributed by atoms with Gasteiger partial charge in [0.2, 0.25) is 0 Å². The van der Waals surface area contributed by atoms with Crippen molar-refractivity contribution in [2.24, 2.45) is 5.92 Å². The predicted octanol–water partition coefficient (Wildman–Crippen LogP) is 4.31. The molecule has 2 nitrogen and oxygen atoms in total. The molecule has 0 spiro atoms. The Hall–Kier alpha value is 0.620. The summed E-state index contributed by atoms with van der Waals surface area (Å²) in [5.41, 5.74) is 1.34. The third-order valence-electron chi connectivity index (χ3n) is 2.92. The molecule has 0 bridgehead atoms. The number of allylic oxidation sites excluding steroid dienone is 1. The lowest BCUT2D eigenvalue weighted by Gasteiger charge is -2.28. The van der Waals surface area contributed by atoms with Crippen LogP contribution in [0.5, 0.6) is 0 Å². The molecule has 1 N–H and O–H groups in total. The molecule has 1 fully saturated rings. The van der Waals surface area contributed by atoms with E-state index in [1.165, 1.54) is 5.57 Å². The van der Waals surface area contributed by atoms with Crippen LogP contribution in [0.1, 0.15) is 46.0 Å². The zero-order chi connectivity index (χ0) is 12.2. The van der Waals surface area contributed by atoms with E-state index in [1.54, 1.807) is 0 Å². The number of ether oxygens (including phenoxy) is 1. The summed E-state index contributed by atoms with van der Waals surface area (Å²) in [6, 6.07) is 0. The molecular formula is C12H20Br2O2. The van der Waals surface area contributed by atoms with E-state index >= 15 is 0 Å². The summed E-state index contributed by atoms with van der Waals surface area (Å²) in [5.74, 6) is -0.475. The molecule has 4 heteroatoms. The summed E-state index contributed by atoms with van der Waals surface area (Å²) in [7, 11) is 0. The minimum atomic E-state index is -0.924. The quantitative estimate of drug-likeness (QED) is 0.603. The maximum absolute atomic E-state index is 10.4. The van der Waals surface area contributed by atoms with E-state index in [2.05, 4.69) is 45.7 Å². The molecule has 1 saturated carbocycles. The van der Waals surface area contributed by atoms with Crippen molar-refractivity contribution in [1.29, 1.82) is 0 Å². The second-order valence-electron chi connectivity index (χ2n) is 4.67. The molecule has 0 aromatic carbocycles. The van der Waals surface area contributed by atoms with E-state index < -0.39 is 5.79 Å². The average molecular weight is 356 g/mol. The first kappa shape index (κ1) is 14.7. The summed E-state index contributed by atoms with van der Waals surface area (Å²) < 4.78 is 6.63. The minimum absolute atomic E-state index is 0.449. The molecule has 1 rings (SSSR count). The van der Waals surface area contributed by atoms with Gasteiger partial charge in [0, 0.05) is 19.4 Å². The lowest BCUT2D eigenvalue weighted by atomic mass is 9.99. The Morgan fingerprint density at radius 1 is 1.56 bits per heavy atom. The molecular weight excluding hydrogens is 336 g/mol. The normalized spacial score (nSPS) is 31.3. The summed E-state index contributed by atoms with van der Waals surface area (Å²) in [6.45, 7) is 4.86. The van der Waals surface area contributed by atoms with E-state index in [0.717, 1.165) is 29.1 Å². The standard InChI is InChI=1S/C12H20Br2O2/c1-3-6-16-12(15)5-4-10(11(13)14)7-9(2)8-12/h9,15H,3-8H2,1-2H3. The molecule has 0 aromatic heterocycles. The van der Waals surface area contributed by atoms with Crippen LogP contribution < -0.4 is 0 Å². The van der Waals surface area contributed by atoms with Crippen molar-refractivity contribution in [1.82, 2.24) is 0 Å². The highest BCUT2D eigenvalue weighted by Crippen LogP contribution is 2.38. The number of aliphatic hydroxyl groups is 1. The number of halogens is 2. The van der Waals surface area contributed by atoms with Gasteiger partial charge in [-0.1, -0.05) is 13.8 Å². The molecule has 0 aliphatic heterocycles. The Labute approximate surface area is 115 Å². The van der Waals surface area contributed by atoms with Crippen molar-refractivity contribution < 1.29 is 9.84 Å². The van der Waals surface area contributed by atoms with Crippen LogP contribution in [0.3, 0.4) is 0 Å². The van der Waals surface area contributed by atoms with Crippen LogP contribution >= 0.6 is 31.9 Å². The summed E-state index contributed by atoms with van der Waals surface area (Å²) in [4.78, 5) is 0. The van der Waals surface area contributed by atoms with Crippen LogP contribution in [-0.4, -0.2) is 17.5 Å². The van der Waals surface area contributed by atoms with Crippen molar-refractivity contribution in [3.8, 4) is 0 Å². The summed E-state index contributed by atoms with van der Waals surface area (Å²) >= 11 is 6.92. The van der Waals surface area contributed by atoms with Crippen molar-refractivity contribution in [3.63, 3.8) is 0 Å². The monoisotopic (exact) mass is 354 g/mol. The number of hydrogen-bond donors (Lipinski definition) is 1. The van der Waals surface area contributed by atoms with Gasteiger partial charge >= 0.3 is 0 Å². The average Bonchev–Trinajstić information content (AvgIpc) is 2.35. The van der Waals surface area contributed by atoms with Crippen LogP contribution in [-0.2, 0) is 4.74 Å². The molecule has 0 heterocycles. The van der Waals surface area contributed by atoms with Gasteiger partial charge in [-0.15, -0.1) is 0 Å². The lowest BCUT2D eigenvalue weighted by Crippen LogP contribution is -2.33. The Kier molecular flexibility index (Phi) is 5.99.